The molecule has 0 spiro atoms. The molecule has 0 aliphatic carbocycles. The van der Waals surface area contributed by atoms with Crippen molar-refractivity contribution in [3.63, 3.8) is 0 Å². The number of ether oxygens (including phenoxy) is 2. The summed E-state index contributed by atoms with van der Waals surface area (Å²) >= 11 is 0. The molecule has 4 nitrogen and oxygen atoms in total. The molecular weight excluding hydrogens is 242 g/mol. The summed E-state index contributed by atoms with van der Waals surface area (Å²) in [5.74, 6) is 0.315. The van der Waals surface area contributed by atoms with Gasteiger partial charge in [0.15, 0.2) is 0 Å². The maximum Gasteiger partial charge on any atom is 0.330 e. The summed E-state index contributed by atoms with van der Waals surface area (Å²) in [6, 6.07) is 9.73. The van der Waals surface area contributed by atoms with Crippen LogP contribution in [0.4, 0.5) is 0 Å². The van der Waals surface area contributed by atoms with Gasteiger partial charge in [-0.05, 0) is 25.1 Å². The van der Waals surface area contributed by atoms with Gasteiger partial charge in [0, 0.05) is 11.5 Å². The number of para-hydroxylation sites is 1. The molecule has 0 aliphatic heterocycles. The third kappa shape index (κ3) is 3.81. The summed E-state index contributed by atoms with van der Waals surface area (Å²) in [6.07, 6.45) is 4.64. The van der Waals surface area contributed by atoms with E-state index in [9.17, 15) is 4.79 Å². The molecule has 19 heavy (non-hydrogen) atoms. The summed E-state index contributed by atoms with van der Waals surface area (Å²) in [5, 5.41) is 1.02. The number of carbonyl (C=O) groups is 1. The standard InChI is InChI=1S/C15H15NO3/c1-2-18-15(17)8-5-9-19-13-10-12-6-3-4-7-14(12)16-11-13/h3-8,10-11H,2,9H2,1H3/b8-5+. The van der Waals surface area contributed by atoms with Crippen LogP contribution in [-0.2, 0) is 9.53 Å². The Hall–Kier alpha value is -2.36. The first-order valence-corrected chi connectivity index (χ1v) is 6.10. The molecule has 98 valence electrons. The lowest BCUT2D eigenvalue weighted by Gasteiger charge is -2.04. The van der Waals surface area contributed by atoms with Crippen LogP contribution in [-0.4, -0.2) is 24.2 Å². The largest absolute Gasteiger partial charge is 0.488 e. The number of hydrogen-bond acceptors (Lipinski definition) is 4. The van der Waals surface area contributed by atoms with Gasteiger partial charge in [-0.3, -0.25) is 4.98 Å². The number of carbonyl (C=O) groups excluding carboxylic acids is 1. The lowest BCUT2D eigenvalue weighted by atomic mass is 10.2. The molecule has 0 fully saturated rings. The minimum Gasteiger partial charge on any atom is -0.488 e. The Balaban J connectivity index is 1.93. The average molecular weight is 257 g/mol. The third-order valence-electron chi connectivity index (χ3n) is 2.45. The molecule has 0 radical (unpaired) electrons. The Morgan fingerprint density at radius 2 is 2.21 bits per heavy atom. The van der Waals surface area contributed by atoms with Crippen LogP contribution < -0.4 is 4.74 Å². The van der Waals surface area contributed by atoms with Crippen LogP contribution in [0.1, 0.15) is 6.92 Å². The van der Waals surface area contributed by atoms with Crippen molar-refractivity contribution in [3.8, 4) is 5.75 Å². The van der Waals surface area contributed by atoms with Crippen molar-refractivity contribution in [1.82, 2.24) is 4.98 Å². The van der Waals surface area contributed by atoms with Crippen LogP contribution in [0.3, 0.4) is 0 Å². The van der Waals surface area contributed by atoms with Gasteiger partial charge >= 0.3 is 5.97 Å². The summed E-state index contributed by atoms with van der Waals surface area (Å²) in [7, 11) is 0. The van der Waals surface area contributed by atoms with E-state index in [-0.39, 0.29) is 5.97 Å². The van der Waals surface area contributed by atoms with Crippen LogP contribution in [0.5, 0.6) is 5.75 Å². The van der Waals surface area contributed by atoms with Crippen LogP contribution >= 0.6 is 0 Å². The second kappa shape index (κ2) is 6.54. The molecule has 0 atom stereocenters. The van der Waals surface area contributed by atoms with E-state index in [1.165, 1.54) is 6.08 Å². The Morgan fingerprint density at radius 3 is 3.05 bits per heavy atom. The molecule has 0 saturated carbocycles. The third-order valence-corrected chi connectivity index (χ3v) is 2.45. The van der Waals surface area contributed by atoms with E-state index in [1.54, 1.807) is 19.2 Å². The number of aromatic nitrogens is 1. The Morgan fingerprint density at radius 1 is 1.37 bits per heavy atom. The smallest absolute Gasteiger partial charge is 0.330 e. The molecule has 0 unspecified atom stereocenters. The number of pyridine rings is 1. The molecule has 0 amide bonds. The first-order valence-electron chi connectivity index (χ1n) is 6.10. The average Bonchev–Trinajstić information content (AvgIpc) is 2.44. The minimum atomic E-state index is -0.359. The maximum atomic E-state index is 11.1. The van der Waals surface area contributed by atoms with Crippen LogP contribution in [0.2, 0.25) is 0 Å². The summed E-state index contributed by atoms with van der Waals surface area (Å²) in [5.41, 5.74) is 0.928. The van der Waals surface area contributed by atoms with Gasteiger partial charge in [-0.15, -0.1) is 0 Å². The summed E-state index contributed by atoms with van der Waals surface area (Å²) < 4.78 is 10.2. The molecule has 1 aromatic heterocycles. The fourth-order valence-corrected chi connectivity index (χ4v) is 1.61. The number of fused-ring (bicyclic) bond motifs is 1. The van der Waals surface area contributed by atoms with Crippen molar-refractivity contribution in [2.45, 2.75) is 6.92 Å². The summed E-state index contributed by atoms with van der Waals surface area (Å²) in [6.45, 7) is 2.44. The lowest BCUT2D eigenvalue weighted by Crippen LogP contribution is -2.01. The topological polar surface area (TPSA) is 48.4 Å². The van der Waals surface area contributed by atoms with E-state index in [1.807, 2.05) is 30.3 Å². The Labute approximate surface area is 111 Å². The second-order valence-corrected chi connectivity index (χ2v) is 3.83. The van der Waals surface area contributed by atoms with Gasteiger partial charge in [0.05, 0.1) is 18.3 Å². The molecule has 0 N–H and O–H groups in total. The highest BCUT2D eigenvalue weighted by molar-refractivity contribution is 5.82. The molecule has 0 saturated heterocycles. The molecule has 2 rings (SSSR count). The Kier molecular flexibility index (Phi) is 4.50. The molecule has 0 bridgehead atoms. The highest BCUT2D eigenvalue weighted by atomic mass is 16.5. The van der Waals surface area contributed by atoms with E-state index >= 15 is 0 Å². The highest BCUT2D eigenvalue weighted by Crippen LogP contribution is 2.17. The monoisotopic (exact) mass is 257 g/mol. The number of esters is 1. The van der Waals surface area contributed by atoms with Crippen molar-refractivity contribution < 1.29 is 14.3 Å². The van der Waals surface area contributed by atoms with Crippen molar-refractivity contribution in [2.24, 2.45) is 0 Å². The number of rotatable bonds is 5. The zero-order chi connectivity index (χ0) is 13.5. The van der Waals surface area contributed by atoms with Gasteiger partial charge in [0.1, 0.15) is 12.4 Å². The first kappa shape index (κ1) is 13.1. The zero-order valence-electron chi connectivity index (χ0n) is 10.7. The fourth-order valence-electron chi connectivity index (χ4n) is 1.61. The van der Waals surface area contributed by atoms with Gasteiger partial charge in [-0.1, -0.05) is 18.2 Å². The van der Waals surface area contributed by atoms with Crippen molar-refractivity contribution >= 4 is 16.9 Å². The van der Waals surface area contributed by atoms with E-state index in [0.717, 1.165) is 10.9 Å². The van der Waals surface area contributed by atoms with Gasteiger partial charge in [0.25, 0.3) is 0 Å². The van der Waals surface area contributed by atoms with Gasteiger partial charge in [0.2, 0.25) is 0 Å². The molecule has 4 heteroatoms. The minimum absolute atomic E-state index is 0.304. The highest BCUT2D eigenvalue weighted by Gasteiger charge is 1.97. The van der Waals surface area contributed by atoms with Crippen molar-refractivity contribution in [3.05, 3.63) is 48.7 Å². The van der Waals surface area contributed by atoms with Crippen molar-refractivity contribution in [1.29, 1.82) is 0 Å². The van der Waals surface area contributed by atoms with E-state index < -0.39 is 0 Å². The predicted octanol–water partition coefficient (Wildman–Crippen LogP) is 2.73. The van der Waals surface area contributed by atoms with E-state index in [4.69, 9.17) is 9.47 Å². The zero-order valence-corrected chi connectivity index (χ0v) is 10.7. The number of hydrogen-bond donors (Lipinski definition) is 0. The maximum absolute atomic E-state index is 11.1. The fraction of sp³-hybridized carbons (Fsp3) is 0.200. The lowest BCUT2D eigenvalue weighted by molar-refractivity contribution is -0.137. The quantitative estimate of drug-likeness (QED) is 0.610. The van der Waals surface area contributed by atoms with Gasteiger partial charge in [-0.2, -0.15) is 0 Å². The van der Waals surface area contributed by atoms with Crippen LogP contribution in [0.25, 0.3) is 10.9 Å². The predicted molar refractivity (Wildman–Crippen MR) is 73.0 cm³/mol. The van der Waals surface area contributed by atoms with E-state index in [2.05, 4.69) is 4.98 Å². The molecule has 2 aromatic rings. The first-order chi connectivity index (χ1) is 9.29. The van der Waals surface area contributed by atoms with Gasteiger partial charge < -0.3 is 9.47 Å². The SMILES string of the molecule is CCOC(=O)/C=C/COc1cnc2ccccc2c1. The summed E-state index contributed by atoms with van der Waals surface area (Å²) in [4.78, 5) is 15.3. The van der Waals surface area contributed by atoms with Crippen LogP contribution in [0, 0.1) is 0 Å². The number of benzene rings is 1. The molecule has 1 aromatic carbocycles. The van der Waals surface area contributed by atoms with Crippen LogP contribution in [0.15, 0.2) is 48.7 Å². The second-order valence-electron chi connectivity index (χ2n) is 3.83. The Bertz CT molecular complexity index is 593. The van der Waals surface area contributed by atoms with Gasteiger partial charge in [-0.25, -0.2) is 4.79 Å². The molecular formula is C15H15NO3. The molecule has 1 heterocycles. The normalized spacial score (nSPS) is 10.8. The van der Waals surface area contributed by atoms with Crippen molar-refractivity contribution in [2.75, 3.05) is 13.2 Å². The van der Waals surface area contributed by atoms with E-state index in [0.29, 0.717) is 19.0 Å². The number of nitrogens with zero attached hydrogens (tertiary/aromatic N) is 1. The molecule has 0 aliphatic rings.